The van der Waals surface area contributed by atoms with Crippen LogP contribution in [0.2, 0.25) is 0 Å². The van der Waals surface area contributed by atoms with E-state index >= 15 is 0 Å². The van der Waals surface area contributed by atoms with E-state index in [4.69, 9.17) is 0 Å². The van der Waals surface area contributed by atoms with Crippen molar-refractivity contribution in [2.75, 3.05) is 0 Å². The van der Waals surface area contributed by atoms with Crippen molar-refractivity contribution in [2.24, 2.45) is 7.05 Å². The molecule has 5 heteroatoms. The van der Waals surface area contributed by atoms with Crippen LogP contribution in [0.3, 0.4) is 0 Å². The summed E-state index contributed by atoms with van der Waals surface area (Å²) in [4.78, 5) is 0. The quantitative estimate of drug-likeness (QED) is 0.904. The highest BCUT2D eigenvalue weighted by Crippen LogP contribution is 2.16. The fraction of sp³-hybridized carbons (Fsp3) is 0.600. The van der Waals surface area contributed by atoms with E-state index in [0.29, 0.717) is 12.8 Å². The Hall–Kier alpha value is -1.62. The van der Waals surface area contributed by atoms with E-state index in [1.54, 1.807) is 0 Å². The smallest absolute Gasteiger partial charge is 0.0637 e. The summed E-state index contributed by atoms with van der Waals surface area (Å²) in [6, 6.07) is 2.05. The summed E-state index contributed by atoms with van der Waals surface area (Å²) in [7, 11) is 1.94. The fourth-order valence-electron chi connectivity index (χ4n) is 2.70. The summed E-state index contributed by atoms with van der Waals surface area (Å²) in [5.41, 5.74) is 5.38. The van der Waals surface area contributed by atoms with Crippen LogP contribution in [0.25, 0.3) is 0 Å². The zero-order valence-corrected chi connectivity index (χ0v) is 13.0. The predicted molar refractivity (Wildman–Crippen MR) is 78.7 cm³/mol. The highest BCUT2D eigenvalue weighted by atomic mass is 16.3. The molecule has 5 nitrogen and oxygen atoms in total. The molecule has 2 aromatic heterocycles. The molecule has 2 rings (SSSR count). The molecule has 0 fully saturated rings. The number of nitrogens with zero attached hydrogens (tertiary/aromatic N) is 4. The van der Waals surface area contributed by atoms with Crippen LogP contribution in [-0.2, 0) is 26.4 Å². The minimum atomic E-state index is -0.405. The normalized spacial score (nSPS) is 12.9. The third kappa shape index (κ3) is 2.93. The summed E-state index contributed by atoms with van der Waals surface area (Å²) >= 11 is 0. The monoisotopic (exact) mass is 276 g/mol. The van der Waals surface area contributed by atoms with Crippen molar-refractivity contribution >= 4 is 0 Å². The summed E-state index contributed by atoms with van der Waals surface area (Å²) in [5, 5.41) is 19.2. The van der Waals surface area contributed by atoms with Gasteiger partial charge in [0.2, 0.25) is 0 Å². The molecule has 0 aliphatic heterocycles. The maximum atomic E-state index is 10.4. The van der Waals surface area contributed by atoms with Gasteiger partial charge in [0.15, 0.2) is 0 Å². The van der Waals surface area contributed by atoms with Gasteiger partial charge in [-0.2, -0.15) is 10.2 Å². The Morgan fingerprint density at radius 3 is 2.45 bits per heavy atom. The van der Waals surface area contributed by atoms with Crippen molar-refractivity contribution in [1.29, 1.82) is 0 Å². The molecule has 0 aliphatic rings. The minimum absolute atomic E-state index is 0.405. The third-order valence-corrected chi connectivity index (χ3v) is 3.83. The van der Waals surface area contributed by atoms with Gasteiger partial charge in [-0.25, -0.2) is 0 Å². The standard InChI is InChI=1S/C15H24N4O/c1-6-19-13(7-10(2)16-19)8-14(20)9-15-11(3)17-18(5)12(15)4/h7,14,20H,6,8-9H2,1-5H3. The second-order valence-electron chi connectivity index (χ2n) is 5.43. The SMILES string of the molecule is CCn1nc(C)cc1CC(O)Cc1c(C)nn(C)c1C. The molecule has 1 N–H and O–H groups in total. The molecule has 0 spiro atoms. The van der Waals surface area contributed by atoms with Gasteiger partial charge in [0.05, 0.1) is 17.5 Å². The van der Waals surface area contributed by atoms with Gasteiger partial charge in [-0.15, -0.1) is 0 Å². The van der Waals surface area contributed by atoms with E-state index < -0.39 is 6.10 Å². The Morgan fingerprint density at radius 2 is 1.90 bits per heavy atom. The lowest BCUT2D eigenvalue weighted by molar-refractivity contribution is 0.172. The van der Waals surface area contributed by atoms with Gasteiger partial charge in [0, 0.05) is 37.8 Å². The Morgan fingerprint density at radius 1 is 1.20 bits per heavy atom. The molecule has 0 saturated heterocycles. The van der Waals surface area contributed by atoms with Crippen molar-refractivity contribution in [3.8, 4) is 0 Å². The Kier molecular flexibility index (Phi) is 4.28. The maximum absolute atomic E-state index is 10.4. The average Bonchev–Trinajstić information content (AvgIpc) is 2.84. The molecule has 1 unspecified atom stereocenters. The zero-order chi connectivity index (χ0) is 14.9. The maximum Gasteiger partial charge on any atom is 0.0637 e. The molecular formula is C15H24N4O. The van der Waals surface area contributed by atoms with E-state index in [9.17, 15) is 5.11 Å². The molecular weight excluding hydrogens is 252 g/mol. The molecule has 110 valence electrons. The summed E-state index contributed by atoms with van der Waals surface area (Å²) in [6.07, 6.45) is 0.861. The average molecular weight is 276 g/mol. The van der Waals surface area contributed by atoms with Crippen molar-refractivity contribution in [1.82, 2.24) is 19.6 Å². The lowest BCUT2D eigenvalue weighted by Crippen LogP contribution is -2.17. The number of hydrogen-bond donors (Lipinski definition) is 1. The van der Waals surface area contributed by atoms with Crippen LogP contribution in [0, 0.1) is 20.8 Å². The first-order chi connectivity index (χ1) is 9.42. The molecule has 0 aliphatic carbocycles. The topological polar surface area (TPSA) is 55.9 Å². The summed E-state index contributed by atoms with van der Waals surface area (Å²) < 4.78 is 3.83. The Labute approximate surface area is 120 Å². The van der Waals surface area contributed by atoms with Gasteiger partial charge in [-0.3, -0.25) is 9.36 Å². The molecule has 0 aromatic carbocycles. The molecule has 2 aromatic rings. The van der Waals surface area contributed by atoms with Crippen molar-refractivity contribution in [3.05, 3.63) is 34.4 Å². The van der Waals surface area contributed by atoms with E-state index in [1.165, 1.54) is 0 Å². The van der Waals surface area contributed by atoms with Crippen LogP contribution < -0.4 is 0 Å². The Balaban J connectivity index is 2.10. The van der Waals surface area contributed by atoms with Crippen LogP contribution in [-0.4, -0.2) is 30.8 Å². The second-order valence-corrected chi connectivity index (χ2v) is 5.43. The first-order valence-corrected chi connectivity index (χ1v) is 7.12. The number of aliphatic hydroxyl groups excluding tert-OH is 1. The van der Waals surface area contributed by atoms with Gasteiger partial charge >= 0.3 is 0 Å². The molecule has 0 saturated carbocycles. The molecule has 2 heterocycles. The lowest BCUT2D eigenvalue weighted by atomic mass is 10.0. The highest BCUT2D eigenvalue weighted by molar-refractivity contribution is 5.25. The Bertz CT molecular complexity index is 597. The highest BCUT2D eigenvalue weighted by Gasteiger charge is 2.16. The number of aryl methyl sites for hydroxylation is 4. The molecule has 0 bridgehead atoms. The second kappa shape index (κ2) is 5.79. The molecule has 1 atom stereocenters. The minimum Gasteiger partial charge on any atom is -0.392 e. The van der Waals surface area contributed by atoms with Crippen LogP contribution in [0.1, 0.15) is 35.3 Å². The largest absolute Gasteiger partial charge is 0.392 e. The van der Waals surface area contributed by atoms with Gasteiger partial charge in [0.1, 0.15) is 0 Å². The first kappa shape index (κ1) is 14.8. The first-order valence-electron chi connectivity index (χ1n) is 7.12. The molecule has 20 heavy (non-hydrogen) atoms. The zero-order valence-electron chi connectivity index (χ0n) is 13.0. The lowest BCUT2D eigenvalue weighted by Gasteiger charge is -2.12. The van der Waals surface area contributed by atoms with E-state index in [-0.39, 0.29) is 0 Å². The van der Waals surface area contributed by atoms with Gasteiger partial charge < -0.3 is 5.11 Å². The van der Waals surface area contributed by atoms with Crippen LogP contribution in [0.5, 0.6) is 0 Å². The summed E-state index contributed by atoms with van der Waals surface area (Å²) in [5.74, 6) is 0. The third-order valence-electron chi connectivity index (χ3n) is 3.83. The van der Waals surface area contributed by atoms with Crippen LogP contribution in [0.4, 0.5) is 0 Å². The number of aliphatic hydroxyl groups is 1. The van der Waals surface area contributed by atoms with Gasteiger partial charge in [-0.1, -0.05) is 0 Å². The van der Waals surface area contributed by atoms with Crippen LogP contribution in [0.15, 0.2) is 6.07 Å². The number of hydrogen-bond acceptors (Lipinski definition) is 3. The van der Waals surface area contributed by atoms with E-state index in [0.717, 1.165) is 34.9 Å². The van der Waals surface area contributed by atoms with E-state index in [1.807, 2.05) is 37.2 Å². The molecule has 0 radical (unpaired) electrons. The number of rotatable bonds is 5. The van der Waals surface area contributed by atoms with Crippen LogP contribution >= 0.6 is 0 Å². The van der Waals surface area contributed by atoms with Gasteiger partial charge in [-0.05, 0) is 39.3 Å². The van der Waals surface area contributed by atoms with Crippen molar-refractivity contribution in [3.63, 3.8) is 0 Å². The fourth-order valence-corrected chi connectivity index (χ4v) is 2.70. The summed E-state index contributed by atoms with van der Waals surface area (Å²) in [6.45, 7) is 8.92. The van der Waals surface area contributed by atoms with Crippen molar-refractivity contribution in [2.45, 2.75) is 53.2 Å². The van der Waals surface area contributed by atoms with E-state index in [2.05, 4.69) is 23.2 Å². The number of aromatic nitrogens is 4. The van der Waals surface area contributed by atoms with Crippen molar-refractivity contribution < 1.29 is 5.11 Å². The predicted octanol–water partition coefficient (Wildman–Crippen LogP) is 1.71. The molecule has 0 amide bonds. The van der Waals surface area contributed by atoms with Gasteiger partial charge in [0.25, 0.3) is 0 Å².